The van der Waals surface area contributed by atoms with Crippen LogP contribution >= 0.6 is 0 Å². The van der Waals surface area contributed by atoms with Gasteiger partial charge in [-0.1, -0.05) is 6.07 Å². The molecule has 33 heavy (non-hydrogen) atoms. The summed E-state index contributed by atoms with van der Waals surface area (Å²) in [6, 6.07) is 7.80. The van der Waals surface area contributed by atoms with E-state index in [1.807, 2.05) is 0 Å². The van der Waals surface area contributed by atoms with Crippen LogP contribution in [-0.4, -0.2) is 59.0 Å². The van der Waals surface area contributed by atoms with E-state index in [1.54, 1.807) is 24.4 Å². The molecule has 3 rings (SSSR count). The van der Waals surface area contributed by atoms with Crippen LogP contribution in [0.15, 0.2) is 52.4 Å². The summed E-state index contributed by atoms with van der Waals surface area (Å²) in [5.41, 5.74) is 5.79. The van der Waals surface area contributed by atoms with Crippen molar-refractivity contribution in [3.8, 4) is 0 Å². The highest BCUT2D eigenvalue weighted by Crippen LogP contribution is 2.27. The molecule has 0 saturated carbocycles. The van der Waals surface area contributed by atoms with E-state index < -0.39 is 30.0 Å². The summed E-state index contributed by atoms with van der Waals surface area (Å²) in [6.45, 7) is 0.848. The van der Waals surface area contributed by atoms with Crippen molar-refractivity contribution >= 4 is 43.8 Å². The van der Waals surface area contributed by atoms with Crippen LogP contribution < -0.4 is 21.7 Å². The van der Waals surface area contributed by atoms with Crippen LogP contribution in [-0.2, 0) is 26.8 Å². The monoisotopic (exact) mass is 496 g/mol. The van der Waals surface area contributed by atoms with E-state index in [0.717, 1.165) is 18.2 Å². The van der Waals surface area contributed by atoms with Crippen molar-refractivity contribution < 1.29 is 25.9 Å². The molecule has 0 aliphatic rings. The molecule has 0 aliphatic carbocycles. The van der Waals surface area contributed by atoms with Crippen molar-refractivity contribution in [2.24, 2.45) is 5.73 Å². The van der Waals surface area contributed by atoms with Gasteiger partial charge in [-0.2, -0.15) is 31.8 Å². The van der Waals surface area contributed by atoms with Crippen LogP contribution in [0, 0.1) is 0 Å². The molecule has 2 heterocycles. The number of pyridine rings is 1. The Morgan fingerprint density at radius 3 is 2.18 bits per heavy atom. The van der Waals surface area contributed by atoms with E-state index in [0.29, 0.717) is 12.2 Å². The highest BCUT2D eigenvalue weighted by Gasteiger charge is 2.21. The van der Waals surface area contributed by atoms with E-state index in [4.69, 9.17) is 5.73 Å². The molecule has 16 heteroatoms. The van der Waals surface area contributed by atoms with Gasteiger partial charge in [-0.05, 0) is 30.3 Å². The lowest BCUT2D eigenvalue weighted by Gasteiger charge is -2.13. The van der Waals surface area contributed by atoms with Crippen molar-refractivity contribution in [1.29, 1.82) is 0 Å². The molecular formula is C17H20N8O6S2. The maximum Gasteiger partial charge on any atom is 0.296 e. The number of hydrogen-bond donors (Lipinski definition) is 6. The Bertz CT molecular complexity index is 1340. The van der Waals surface area contributed by atoms with Crippen LogP contribution in [0.25, 0.3) is 0 Å². The minimum Gasteiger partial charge on any atom is -0.353 e. The third kappa shape index (κ3) is 6.77. The number of aromatic nitrogens is 4. The average Bonchev–Trinajstić information content (AvgIpc) is 2.75. The molecule has 3 aromatic rings. The van der Waals surface area contributed by atoms with Crippen LogP contribution in [0.3, 0.4) is 0 Å². The van der Waals surface area contributed by atoms with Gasteiger partial charge in [0.1, 0.15) is 4.90 Å². The zero-order valence-electron chi connectivity index (χ0n) is 16.9. The van der Waals surface area contributed by atoms with Crippen molar-refractivity contribution in [1.82, 2.24) is 19.9 Å². The molecule has 1 aromatic carbocycles. The summed E-state index contributed by atoms with van der Waals surface area (Å²) < 4.78 is 65.2. The minimum atomic E-state index is -4.76. The molecule has 0 saturated heterocycles. The number of nitrogens with two attached hydrogens (primary N) is 1. The van der Waals surface area contributed by atoms with Crippen molar-refractivity contribution in [3.05, 3.63) is 48.3 Å². The van der Waals surface area contributed by atoms with Gasteiger partial charge in [0.2, 0.25) is 17.8 Å². The molecule has 0 fully saturated rings. The number of rotatable bonds is 10. The summed E-state index contributed by atoms with van der Waals surface area (Å²) in [6.07, 6.45) is 1.62. The van der Waals surface area contributed by atoms with E-state index >= 15 is 0 Å². The fourth-order valence-electron chi connectivity index (χ4n) is 2.56. The first kappa shape index (κ1) is 24.2. The number of anilines is 4. The van der Waals surface area contributed by atoms with Crippen LogP contribution in [0.5, 0.6) is 0 Å². The molecule has 0 aliphatic heterocycles. The maximum atomic E-state index is 11.7. The molecule has 0 spiro atoms. The predicted molar refractivity (Wildman–Crippen MR) is 118 cm³/mol. The third-order valence-corrected chi connectivity index (χ3v) is 5.75. The van der Waals surface area contributed by atoms with Gasteiger partial charge >= 0.3 is 0 Å². The van der Waals surface area contributed by atoms with E-state index in [2.05, 4.69) is 35.9 Å². The number of nitrogens with one attached hydrogen (secondary N) is 3. The Morgan fingerprint density at radius 2 is 1.58 bits per heavy atom. The molecule has 0 radical (unpaired) electrons. The lowest BCUT2D eigenvalue weighted by Crippen LogP contribution is -2.17. The molecule has 0 atom stereocenters. The summed E-state index contributed by atoms with van der Waals surface area (Å²) in [7, 11) is -9.43. The fraction of sp³-hybridized carbons (Fsp3) is 0.176. The Hall–Kier alpha value is -3.44. The topological polar surface area (TPSA) is 222 Å². The number of hydrogen-bond acceptors (Lipinski definition) is 12. The molecule has 176 valence electrons. The summed E-state index contributed by atoms with van der Waals surface area (Å²) in [5, 5.41) is 8.34. The second kappa shape index (κ2) is 10.0. The van der Waals surface area contributed by atoms with E-state index in [1.165, 1.54) is 0 Å². The van der Waals surface area contributed by atoms with Gasteiger partial charge in [0.05, 0.1) is 22.8 Å². The van der Waals surface area contributed by atoms with Gasteiger partial charge in [0.25, 0.3) is 20.2 Å². The second-order valence-electron chi connectivity index (χ2n) is 6.43. The third-order valence-electron chi connectivity index (χ3n) is 3.99. The van der Waals surface area contributed by atoms with Crippen molar-refractivity contribution in [3.63, 3.8) is 0 Å². The van der Waals surface area contributed by atoms with Gasteiger partial charge in [-0.25, -0.2) is 0 Å². The maximum absolute atomic E-state index is 11.7. The van der Waals surface area contributed by atoms with Gasteiger partial charge in [-0.15, -0.1) is 0 Å². The summed E-state index contributed by atoms with van der Waals surface area (Å²) in [5.74, 6) is -0.0248. The lowest BCUT2D eigenvalue weighted by atomic mass is 10.3. The van der Waals surface area contributed by atoms with E-state index in [9.17, 15) is 25.9 Å². The second-order valence-corrected chi connectivity index (χ2v) is 9.24. The first-order valence-electron chi connectivity index (χ1n) is 9.26. The quantitative estimate of drug-likeness (QED) is 0.210. The van der Waals surface area contributed by atoms with Crippen molar-refractivity contribution in [2.75, 3.05) is 29.0 Å². The smallest absolute Gasteiger partial charge is 0.296 e. The molecular weight excluding hydrogens is 476 g/mol. The van der Waals surface area contributed by atoms with Crippen LogP contribution in [0.4, 0.5) is 23.5 Å². The standard InChI is InChI=1S/C17H20N8O6S2/c18-6-8-20-15-23-16(21-10-11-3-1-2-7-19-11)25-17(24-15)22-13-9-12(32(26,27)28)4-5-14(13)33(29,30)31/h1-5,7,9H,6,8,10,18H2,(H,26,27,28)(H,29,30,31)(H3,20,21,22,23,24,25). The zero-order chi connectivity index (χ0) is 24.1. The van der Waals surface area contributed by atoms with Gasteiger partial charge < -0.3 is 21.7 Å². The molecule has 0 amide bonds. The molecule has 2 aromatic heterocycles. The first-order chi connectivity index (χ1) is 15.6. The van der Waals surface area contributed by atoms with Crippen LogP contribution in [0.1, 0.15) is 5.69 Å². The molecule has 0 unspecified atom stereocenters. The highest BCUT2D eigenvalue weighted by atomic mass is 32.2. The van der Waals surface area contributed by atoms with E-state index in [-0.39, 0.29) is 36.6 Å². The van der Waals surface area contributed by atoms with Crippen LogP contribution in [0.2, 0.25) is 0 Å². The normalized spacial score (nSPS) is 11.7. The molecule has 14 nitrogen and oxygen atoms in total. The van der Waals surface area contributed by atoms with Gasteiger partial charge in [0, 0.05) is 19.3 Å². The zero-order valence-corrected chi connectivity index (χ0v) is 18.5. The Balaban J connectivity index is 1.99. The molecule has 7 N–H and O–H groups in total. The largest absolute Gasteiger partial charge is 0.353 e. The number of nitrogens with zero attached hydrogens (tertiary/aromatic N) is 4. The van der Waals surface area contributed by atoms with Crippen molar-refractivity contribution in [2.45, 2.75) is 16.3 Å². The highest BCUT2D eigenvalue weighted by molar-refractivity contribution is 7.86. The average molecular weight is 497 g/mol. The first-order valence-corrected chi connectivity index (χ1v) is 12.1. The minimum absolute atomic E-state index is 0.0806. The SMILES string of the molecule is NCCNc1nc(NCc2ccccn2)nc(Nc2cc(S(=O)(=O)O)ccc2S(=O)(=O)O)n1. The van der Waals surface area contributed by atoms with Gasteiger partial charge in [0.15, 0.2) is 0 Å². The number of benzene rings is 1. The Labute approximate surface area is 189 Å². The Kier molecular flexibility index (Phi) is 7.34. The summed E-state index contributed by atoms with van der Waals surface area (Å²) in [4.78, 5) is 15.3. The summed E-state index contributed by atoms with van der Waals surface area (Å²) >= 11 is 0. The lowest BCUT2D eigenvalue weighted by molar-refractivity contribution is 0.479. The Morgan fingerprint density at radius 1 is 0.879 bits per heavy atom. The fourth-order valence-corrected chi connectivity index (χ4v) is 3.69. The predicted octanol–water partition coefficient (Wildman–Crippen LogP) is 0.486. The van der Waals surface area contributed by atoms with Gasteiger partial charge in [-0.3, -0.25) is 14.1 Å². The molecule has 0 bridgehead atoms.